The fourth-order valence-electron chi connectivity index (χ4n) is 4.07. The van der Waals surface area contributed by atoms with E-state index in [0.717, 1.165) is 38.0 Å². The maximum absolute atomic E-state index is 12.2. The Morgan fingerprint density at radius 3 is 2.58 bits per heavy atom. The number of carbonyl (C=O) groups is 1. The molecule has 2 heterocycles. The van der Waals surface area contributed by atoms with Crippen molar-refractivity contribution in [2.24, 2.45) is 17.8 Å². The van der Waals surface area contributed by atoms with E-state index in [0.29, 0.717) is 18.5 Å². The maximum atomic E-state index is 12.2. The Hall–Kier alpha value is -0.610. The van der Waals surface area contributed by atoms with Crippen molar-refractivity contribution in [1.82, 2.24) is 15.5 Å². The van der Waals surface area contributed by atoms with Gasteiger partial charge in [-0.05, 0) is 43.7 Å². The van der Waals surface area contributed by atoms with Gasteiger partial charge < -0.3 is 10.6 Å². The van der Waals surface area contributed by atoms with Crippen molar-refractivity contribution >= 4 is 5.91 Å². The Kier molecular flexibility index (Phi) is 4.08. The average molecular weight is 265 g/mol. The minimum atomic E-state index is 0.242. The topological polar surface area (TPSA) is 44.4 Å². The van der Waals surface area contributed by atoms with E-state index in [1.165, 1.54) is 25.7 Å². The molecule has 0 aromatic carbocycles. The fraction of sp³-hybridized carbons (Fsp3) is 0.933. The van der Waals surface area contributed by atoms with Crippen LogP contribution in [0.25, 0.3) is 0 Å². The third-order valence-corrected chi connectivity index (χ3v) is 5.29. The molecule has 0 spiro atoms. The van der Waals surface area contributed by atoms with Gasteiger partial charge in [-0.2, -0.15) is 0 Å². The molecule has 0 radical (unpaired) electrons. The van der Waals surface area contributed by atoms with Crippen molar-refractivity contribution in [3.8, 4) is 0 Å². The number of amides is 1. The van der Waals surface area contributed by atoms with Crippen molar-refractivity contribution in [1.29, 1.82) is 0 Å². The molecule has 2 aliphatic heterocycles. The van der Waals surface area contributed by atoms with Crippen molar-refractivity contribution in [2.75, 3.05) is 32.7 Å². The van der Waals surface area contributed by atoms with Gasteiger partial charge in [0.05, 0.1) is 6.54 Å². The maximum Gasteiger partial charge on any atom is 0.234 e. The Morgan fingerprint density at radius 1 is 1.21 bits per heavy atom. The molecule has 3 aliphatic rings. The number of nitrogens with zero attached hydrogens (tertiary/aromatic N) is 1. The van der Waals surface area contributed by atoms with E-state index >= 15 is 0 Å². The molecule has 3 rings (SSSR count). The van der Waals surface area contributed by atoms with Crippen LogP contribution in [0, 0.1) is 17.8 Å². The Morgan fingerprint density at radius 2 is 1.89 bits per heavy atom. The lowest BCUT2D eigenvalue weighted by atomic mass is 9.86. The SMILES string of the molecule is CC1CCCCC1NC(=O)CN1CC2CNCC2C1. The smallest absolute Gasteiger partial charge is 0.234 e. The molecule has 1 aliphatic carbocycles. The van der Waals surface area contributed by atoms with E-state index in [2.05, 4.69) is 22.5 Å². The standard InChI is InChI=1S/C15H27N3O/c1-11-4-2-3-5-14(11)17-15(19)10-18-8-12-6-16-7-13(12)9-18/h11-14,16H,2-10H2,1H3,(H,17,19). The first kappa shape index (κ1) is 13.4. The summed E-state index contributed by atoms with van der Waals surface area (Å²) < 4.78 is 0. The number of fused-ring (bicyclic) bond motifs is 1. The fourth-order valence-corrected chi connectivity index (χ4v) is 4.07. The number of hydrogen-bond acceptors (Lipinski definition) is 3. The molecule has 1 amide bonds. The third kappa shape index (κ3) is 3.11. The molecular weight excluding hydrogens is 238 g/mol. The molecule has 3 fully saturated rings. The molecule has 19 heavy (non-hydrogen) atoms. The first-order chi connectivity index (χ1) is 9.22. The number of likely N-dealkylation sites (tertiary alicyclic amines) is 1. The number of nitrogens with one attached hydrogen (secondary N) is 2. The van der Waals surface area contributed by atoms with E-state index in [4.69, 9.17) is 0 Å². The van der Waals surface area contributed by atoms with Crippen LogP contribution in [0.1, 0.15) is 32.6 Å². The van der Waals surface area contributed by atoms with Gasteiger partial charge in [0.15, 0.2) is 0 Å². The largest absolute Gasteiger partial charge is 0.352 e. The highest BCUT2D eigenvalue weighted by Crippen LogP contribution is 2.26. The zero-order valence-corrected chi connectivity index (χ0v) is 12.0. The summed E-state index contributed by atoms with van der Waals surface area (Å²) in [5.74, 6) is 2.45. The summed E-state index contributed by atoms with van der Waals surface area (Å²) in [6, 6.07) is 0.421. The van der Waals surface area contributed by atoms with Crippen molar-refractivity contribution in [3.63, 3.8) is 0 Å². The second-order valence-electron chi connectivity index (χ2n) is 6.81. The van der Waals surface area contributed by atoms with Gasteiger partial charge in [0, 0.05) is 19.1 Å². The predicted molar refractivity (Wildman–Crippen MR) is 75.9 cm³/mol. The number of carbonyl (C=O) groups excluding carboxylic acids is 1. The zero-order chi connectivity index (χ0) is 13.2. The lowest BCUT2D eigenvalue weighted by Crippen LogP contribution is -2.45. The molecular formula is C15H27N3O. The van der Waals surface area contributed by atoms with Gasteiger partial charge in [-0.15, -0.1) is 0 Å². The van der Waals surface area contributed by atoms with Crippen LogP contribution in [-0.4, -0.2) is 49.6 Å². The lowest BCUT2D eigenvalue weighted by molar-refractivity contribution is -0.123. The minimum absolute atomic E-state index is 0.242. The van der Waals surface area contributed by atoms with Crippen LogP contribution in [-0.2, 0) is 4.79 Å². The Bertz CT molecular complexity index is 321. The van der Waals surface area contributed by atoms with Crippen molar-refractivity contribution < 1.29 is 4.79 Å². The molecule has 0 aromatic heterocycles. The molecule has 4 nitrogen and oxygen atoms in total. The molecule has 4 unspecified atom stereocenters. The van der Waals surface area contributed by atoms with E-state index in [1.54, 1.807) is 0 Å². The van der Waals surface area contributed by atoms with Crippen LogP contribution in [0.5, 0.6) is 0 Å². The number of rotatable bonds is 3. The molecule has 1 saturated carbocycles. The van der Waals surface area contributed by atoms with Crippen LogP contribution < -0.4 is 10.6 Å². The van der Waals surface area contributed by atoms with Gasteiger partial charge in [-0.3, -0.25) is 9.69 Å². The average Bonchev–Trinajstić information content (AvgIpc) is 2.92. The van der Waals surface area contributed by atoms with Gasteiger partial charge in [0.1, 0.15) is 0 Å². The summed E-state index contributed by atoms with van der Waals surface area (Å²) >= 11 is 0. The second kappa shape index (κ2) is 5.80. The first-order valence-electron chi connectivity index (χ1n) is 7.95. The quantitative estimate of drug-likeness (QED) is 0.794. The second-order valence-corrected chi connectivity index (χ2v) is 6.81. The van der Waals surface area contributed by atoms with Gasteiger partial charge in [0.25, 0.3) is 0 Å². The summed E-state index contributed by atoms with van der Waals surface area (Å²) in [6.07, 6.45) is 5.04. The molecule has 0 bridgehead atoms. The summed E-state index contributed by atoms with van der Waals surface area (Å²) in [7, 11) is 0. The highest BCUT2D eigenvalue weighted by Gasteiger charge is 2.36. The molecule has 2 saturated heterocycles. The van der Waals surface area contributed by atoms with Crippen LogP contribution in [0.2, 0.25) is 0 Å². The third-order valence-electron chi connectivity index (χ3n) is 5.29. The molecule has 2 N–H and O–H groups in total. The highest BCUT2D eigenvalue weighted by atomic mass is 16.2. The monoisotopic (exact) mass is 265 g/mol. The zero-order valence-electron chi connectivity index (χ0n) is 12.0. The first-order valence-corrected chi connectivity index (χ1v) is 7.95. The van der Waals surface area contributed by atoms with Crippen LogP contribution >= 0.6 is 0 Å². The van der Waals surface area contributed by atoms with Gasteiger partial charge >= 0.3 is 0 Å². The molecule has 108 valence electrons. The van der Waals surface area contributed by atoms with Gasteiger partial charge in [0.2, 0.25) is 5.91 Å². The molecule has 4 heteroatoms. The summed E-state index contributed by atoms with van der Waals surface area (Å²) in [5.41, 5.74) is 0. The van der Waals surface area contributed by atoms with Crippen molar-refractivity contribution in [2.45, 2.75) is 38.6 Å². The Balaban J connectivity index is 1.44. The van der Waals surface area contributed by atoms with Crippen LogP contribution in [0.15, 0.2) is 0 Å². The Labute approximate surface area is 116 Å². The van der Waals surface area contributed by atoms with E-state index in [1.807, 2.05) is 0 Å². The highest BCUT2D eigenvalue weighted by molar-refractivity contribution is 5.78. The summed E-state index contributed by atoms with van der Waals surface area (Å²) in [5, 5.41) is 6.71. The summed E-state index contributed by atoms with van der Waals surface area (Å²) in [6.45, 7) is 7.37. The minimum Gasteiger partial charge on any atom is -0.352 e. The molecule has 0 aromatic rings. The van der Waals surface area contributed by atoms with E-state index in [-0.39, 0.29) is 5.91 Å². The number of hydrogen-bond donors (Lipinski definition) is 2. The predicted octanol–water partition coefficient (Wildman–Crippen LogP) is 0.833. The summed E-state index contributed by atoms with van der Waals surface area (Å²) in [4.78, 5) is 14.5. The lowest BCUT2D eigenvalue weighted by Gasteiger charge is -2.30. The molecule has 4 atom stereocenters. The van der Waals surface area contributed by atoms with Crippen LogP contribution in [0.4, 0.5) is 0 Å². The van der Waals surface area contributed by atoms with Gasteiger partial charge in [-0.25, -0.2) is 0 Å². The van der Waals surface area contributed by atoms with E-state index in [9.17, 15) is 4.79 Å². The van der Waals surface area contributed by atoms with E-state index < -0.39 is 0 Å². The van der Waals surface area contributed by atoms with Crippen LogP contribution in [0.3, 0.4) is 0 Å². The van der Waals surface area contributed by atoms with Crippen molar-refractivity contribution in [3.05, 3.63) is 0 Å². The van der Waals surface area contributed by atoms with Gasteiger partial charge in [-0.1, -0.05) is 19.8 Å². The normalized spacial score (nSPS) is 39.2.